The molecule has 0 aromatic heterocycles. The summed E-state index contributed by atoms with van der Waals surface area (Å²) in [6.07, 6.45) is -0.133. The van der Waals surface area contributed by atoms with Crippen LogP contribution in [0.4, 0.5) is 13.2 Å². The molecule has 0 bridgehead atoms. The van der Waals surface area contributed by atoms with E-state index in [2.05, 4.69) is 4.74 Å². The first-order valence-electron chi connectivity index (χ1n) is 4.91. The zero-order valence-corrected chi connectivity index (χ0v) is 9.17. The van der Waals surface area contributed by atoms with Crippen molar-refractivity contribution in [3.63, 3.8) is 0 Å². The SMILES string of the molecule is COC(=O)C(CN)Cc1cc(F)c(F)cc1F. The van der Waals surface area contributed by atoms with Crippen molar-refractivity contribution in [1.29, 1.82) is 0 Å². The Balaban J connectivity index is 2.94. The van der Waals surface area contributed by atoms with Crippen LogP contribution in [0.25, 0.3) is 0 Å². The molecule has 0 radical (unpaired) electrons. The van der Waals surface area contributed by atoms with Gasteiger partial charge in [0.25, 0.3) is 0 Å². The number of methoxy groups -OCH3 is 1. The van der Waals surface area contributed by atoms with Crippen LogP contribution in [0.2, 0.25) is 0 Å². The second-order valence-electron chi connectivity index (χ2n) is 3.52. The zero-order chi connectivity index (χ0) is 13.0. The van der Waals surface area contributed by atoms with Gasteiger partial charge in [0.2, 0.25) is 0 Å². The first-order chi connectivity index (χ1) is 7.99. The average molecular weight is 247 g/mol. The summed E-state index contributed by atoms with van der Waals surface area (Å²) in [5.41, 5.74) is 5.22. The van der Waals surface area contributed by atoms with Gasteiger partial charge in [0.1, 0.15) is 5.82 Å². The van der Waals surface area contributed by atoms with Gasteiger partial charge < -0.3 is 10.5 Å². The summed E-state index contributed by atoms with van der Waals surface area (Å²) >= 11 is 0. The second-order valence-corrected chi connectivity index (χ2v) is 3.52. The molecular weight excluding hydrogens is 235 g/mol. The molecule has 3 nitrogen and oxygen atoms in total. The number of esters is 1. The molecule has 0 aliphatic heterocycles. The van der Waals surface area contributed by atoms with E-state index in [0.29, 0.717) is 6.07 Å². The van der Waals surface area contributed by atoms with Crippen molar-refractivity contribution in [2.24, 2.45) is 11.7 Å². The van der Waals surface area contributed by atoms with Crippen molar-refractivity contribution in [2.45, 2.75) is 6.42 Å². The molecule has 0 aliphatic carbocycles. The molecule has 0 saturated carbocycles. The number of hydrogen-bond donors (Lipinski definition) is 1. The fourth-order valence-corrected chi connectivity index (χ4v) is 1.42. The molecule has 17 heavy (non-hydrogen) atoms. The van der Waals surface area contributed by atoms with Crippen LogP contribution in [0.15, 0.2) is 12.1 Å². The highest BCUT2D eigenvalue weighted by Gasteiger charge is 2.20. The fourth-order valence-electron chi connectivity index (χ4n) is 1.42. The number of benzene rings is 1. The summed E-state index contributed by atoms with van der Waals surface area (Å²) in [6.45, 7) is -0.0644. The minimum atomic E-state index is -1.27. The minimum absolute atomic E-state index is 0.0644. The number of carbonyl (C=O) groups excluding carboxylic acids is 1. The molecule has 1 rings (SSSR count). The molecule has 0 spiro atoms. The maximum Gasteiger partial charge on any atom is 0.310 e. The first-order valence-corrected chi connectivity index (χ1v) is 4.91. The maximum atomic E-state index is 13.3. The molecule has 1 unspecified atom stereocenters. The maximum absolute atomic E-state index is 13.3. The third kappa shape index (κ3) is 3.20. The van der Waals surface area contributed by atoms with Crippen LogP contribution >= 0.6 is 0 Å². The molecule has 0 saturated heterocycles. The lowest BCUT2D eigenvalue weighted by Crippen LogP contribution is -2.27. The Labute approximate surface area is 96.4 Å². The van der Waals surface area contributed by atoms with Crippen molar-refractivity contribution in [2.75, 3.05) is 13.7 Å². The number of carbonyl (C=O) groups is 1. The average Bonchev–Trinajstić information content (AvgIpc) is 2.31. The smallest absolute Gasteiger partial charge is 0.310 e. The quantitative estimate of drug-likeness (QED) is 0.646. The number of hydrogen-bond acceptors (Lipinski definition) is 3. The van der Waals surface area contributed by atoms with Gasteiger partial charge in [-0.1, -0.05) is 0 Å². The normalized spacial score (nSPS) is 12.3. The fraction of sp³-hybridized carbons (Fsp3) is 0.364. The van der Waals surface area contributed by atoms with Gasteiger partial charge in [-0.2, -0.15) is 0 Å². The van der Waals surface area contributed by atoms with E-state index in [9.17, 15) is 18.0 Å². The van der Waals surface area contributed by atoms with E-state index in [0.717, 1.165) is 6.07 Å². The predicted octanol–water partition coefficient (Wildman–Crippen LogP) is 1.39. The van der Waals surface area contributed by atoms with E-state index in [-0.39, 0.29) is 18.5 Å². The minimum Gasteiger partial charge on any atom is -0.469 e. The van der Waals surface area contributed by atoms with Gasteiger partial charge >= 0.3 is 5.97 Å². The molecule has 0 amide bonds. The van der Waals surface area contributed by atoms with Crippen LogP contribution in [0, 0.1) is 23.4 Å². The lowest BCUT2D eigenvalue weighted by molar-refractivity contribution is -0.145. The highest BCUT2D eigenvalue weighted by Crippen LogP contribution is 2.17. The third-order valence-electron chi connectivity index (χ3n) is 2.37. The third-order valence-corrected chi connectivity index (χ3v) is 2.37. The Morgan fingerprint density at radius 3 is 2.41 bits per heavy atom. The molecule has 0 aliphatic rings. The summed E-state index contributed by atoms with van der Waals surface area (Å²) in [6, 6.07) is 1.16. The summed E-state index contributed by atoms with van der Waals surface area (Å²) in [5, 5.41) is 0. The van der Waals surface area contributed by atoms with E-state index in [4.69, 9.17) is 5.73 Å². The Hall–Kier alpha value is -1.56. The molecule has 1 aromatic rings. The van der Waals surface area contributed by atoms with Crippen LogP contribution in [0.5, 0.6) is 0 Å². The van der Waals surface area contributed by atoms with Gasteiger partial charge in [-0.25, -0.2) is 13.2 Å². The predicted molar refractivity (Wildman–Crippen MR) is 54.6 cm³/mol. The lowest BCUT2D eigenvalue weighted by atomic mass is 9.99. The van der Waals surface area contributed by atoms with Crippen LogP contribution in [0.1, 0.15) is 5.56 Å². The number of ether oxygens (including phenoxy) is 1. The van der Waals surface area contributed by atoms with Crippen molar-refractivity contribution in [3.8, 4) is 0 Å². The van der Waals surface area contributed by atoms with Crippen LogP contribution in [0.3, 0.4) is 0 Å². The summed E-state index contributed by atoms with van der Waals surface area (Å²) < 4.78 is 43.3. The first kappa shape index (κ1) is 13.5. The van der Waals surface area contributed by atoms with Crippen LogP contribution < -0.4 is 5.73 Å². The molecule has 6 heteroatoms. The van der Waals surface area contributed by atoms with Gasteiger partial charge in [-0.05, 0) is 18.1 Å². The van der Waals surface area contributed by atoms with Gasteiger partial charge in [0, 0.05) is 12.6 Å². The Morgan fingerprint density at radius 1 is 1.29 bits per heavy atom. The molecule has 2 N–H and O–H groups in total. The van der Waals surface area contributed by atoms with E-state index < -0.39 is 29.3 Å². The molecule has 0 heterocycles. The summed E-state index contributed by atoms with van der Waals surface area (Å²) in [4.78, 5) is 11.2. The molecule has 0 fully saturated rings. The van der Waals surface area contributed by atoms with Crippen LogP contribution in [-0.4, -0.2) is 19.6 Å². The van der Waals surface area contributed by atoms with E-state index >= 15 is 0 Å². The summed E-state index contributed by atoms with van der Waals surface area (Å²) in [7, 11) is 1.17. The van der Waals surface area contributed by atoms with Gasteiger partial charge in [-0.15, -0.1) is 0 Å². The molecule has 1 atom stereocenters. The number of nitrogens with two attached hydrogens (primary N) is 1. The zero-order valence-electron chi connectivity index (χ0n) is 9.17. The monoisotopic (exact) mass is 247 g/mol. The molecular formula is C11H12F3NO2. The topological polar surface area (TPSA) is 52.3 Å². The highest BCUT2D eigenvalue weighted by atomic mass is 19.2. The van der Waals surface area contributed by atoms with E-state index in [1.165, 1.54) is 7.11 Å². The standard InChI is InChI=1S/C11H12F3NO2/c1-17-11(16)7(5-15)2-6-3-9(13)10(14)4-8(6)12/h3-4,7H,2,5,15H2,1H3. The summed E-state index contributed by atoms with van der Waals surface area (Å²) in [5.74, 6) is -4.74. The second kappa shape index (κ2) is 5.67. The van der Waals surface area contributed by atoms with Crippen LogP contribution in [-0.2, 0) is 16.0 Å². The number of rotatable bonds is 4. The Bertz CT molecular complexity index is 423. The molecule has 94 valence electrons. The number of halogens is 3. The van der Waals surface area contributed by atoms with Gasteiger partial charge in [0.05, 0.1) is 13.0 Å². The van der Waals surface area contributed by atoms with Crippen molar-refractivity contribution in [1.82, 2.24) is 0 Å². The van der Waals surface area contributed by atoms with E-state index in [1.807, 2.05) is 0 Å². The van der Waals surface area contributed by atoms with Gasteiger partial charge in [-0.3, -0.25) is 4.79 Å². The highest BCUT2D eigenvalue weighted by molar-refractivity contribution is 5.72. The van der Waals surface area contributed by atoms with E-state index in [1.54, 1.807) is 0 Å². The Morgan fingerprint density at radius 2 is 1.88 bits per heavy atom. The Kier molecular flexibility index (Phi) is 4.51. The van der Waals surface area contributed by atoms with Gasteiger partial charge in [0.15, 0.2) is 11.6 Å². The largest absolute Gasteiger partial charge is 0.469 e. The lowest BCUT2D eigenvalue weighted by Gasteiger charge is -2.12. The van der Waals surface area contributed by atoms with Crippen molar-refractivity contribution in [3.05, 3.63) is 35.1 Å². The van der Waals surface area contributed by atoms with Crippen molar-refractivity contribution < 1.29 is 22.7 Å². The molecule has 1 aromatic carbocycles. The van der Waals surface area contributed by atoms with Crippen molar-refractivity contribution >= 4 is 5.97 Å².